The molecule has 0 aromatic heterocycles. The maximum Gasteiger partial charge on any atom is 0.0901 e. The van der Waals surface area contributed by atoms with Crippen LogP contribution in [0.4, 0.5) is 0 Å². The first-order valence-electron chi connectivity index (χ1n) is 4.63. The maximum atomic E-state index is 5.75. The van der Waals surface area contributed by atoms with E-state index in [9.17, 15) is 0 Å². The number of ether oxygens (including phenoxy) is 1. The van der Waals surface area contributed by atoms with Crippen molar-refractivity contribution in [3.63, 3.8) is 0 Å². The summed E-state index contributed by atoms with van der Waals surface area (Å²) >= 11 is 0. The fourth-order valence-corrected chi connectivity index (χ4v) is 1.46. The monoisotopic (exact) mass is 155 g/mol. The summed E-state index contributed by atoms with van der Waals surface area (Å²) in [4.78, 5) is 0. The Balaban J connectivity index is 1.57. The lowest BCUT2D eigenvalue weighted by molar-refractivity contribution is -0.0684. The van der Waals surface area contributed by atoms with E-state index in [4.69, 9.17) is 4.74 Å². The second-order valence-corrected chi connectivity index (χ2v) is 4.13. The van der Waals surface area contributed by atoms with E-state index in [1.165, 1.54) is 19.3 Å². The summed E-state index contributed by atoms with van der Waals surface area (Å²) in [6.07, 6.45) is 4.17. The van der Waals surface area contributed by atoms with Crippen molar-refractivity contribution in [1.82, 2.24) is 5.32 Å². The molecule has 0 bridgehead atoms. The largest absolute Gasteiger partial charge is 0.373 e. The van der Waals surface area contributed by atoms with E-state index in [2.05, 4.69) is 12.2 Å². The third kappa shape index (κ3) is 1.94. The summed E-state index contributed by atoms with van der Waals surface area (Å²) < 4.78 is 5.75. The molecule has 0 aromatic carbocycles. The lowest BCUT2D eigenvalue weighted by atomic mass is 10.0. The minimum atomic E-state index is 0.175. The van der Waals surface area contributed by atoms with Crippen LogP contribution in [-0.4, -0.2) is 25.3 Å². The van der Waals surface area contributed by atoms with Crippen LogP contribution in [0.25, 0.3) is 0 Å². The van der Waals surface area contributed by atoms with E-state index in [1.807, 2.05) is 0 Å². The minimum absolute atomic E-state index is 0.175. The van der Waals surface area contributed by atoms with Crippen molar-refractivity contribution in [2.75, 3.05) is 19.7 Å². The van der Waals surface area contributed by atoms with Gasteiger partial charge in [0.05, 0.1) is 5.60 Å². The lowest BCUT2D eigenvalue weighted by Crippen LogP contribution is -2.59. The van der Waals surface area contributed by atoms with Gasteiger partial charge in [0, 0.05) is 19.7 Å². The van der Waals surface area contributed by atoms with E-state index in [0.717, 1.165) is 25.6 Å². The highest BCUT2D eigenvalue weighted by molar-refractivity contribution is 4.90. The molecule has 2 rings (SSSR count). The van der Waals surface area contributed by atoms with Crippen LogP contribution >= 0.6 is 0 Å². The third-order valence-corrected chi connectivity index (χ3v) is 2.67. The van der Waals surface area contributed by atoms with E-state index < -0.39 is 0 Å². The zero-order valence-electron chi connectivity index (χ0n) is 7.23. The van der Waals surface area contributed by atoms with Crippen molar-refractivity contribution >= 4 is 0 Å². The van der Waals surface area contributed by atoms with Crippen molar-refractivity contribution in [2.45, 2.75) is 31.8 Å². The summed E-state index contributed by atoms with van der Waals surface area (Å²) in [5.41, 5.74) is 0.175. The molecule has 0 radical (unpaired) electrons. The molecular formula is C9H17NO. The summed E-state index contributed by atoms with van der Waals surface area (Å²) in [6, 6.07) is 0. The molecule has 0 unspecified atom stereocenters. The van der Waals surface area contributed by atoms with Gasteiger partial charge in [0.15, 0.2) is 0 Å². The Labute approximate surface area is 68.3 Å². The normalized spacial score (nSPS) is 28.1. The van der Waals surface area contributed by atoms with Gasteiger partial charge in [-0.15, -0.1) is 0 Å². The Morgan fingerprint density at radius 1 is 1.45 bits per heavy atom. The molecule has 2 nitrogen and oxygen atoms in total. The van der Waals surface area contributed by atoms with Gasteiger partial charge in [-0.2, -0.15) is 0 Å². The first-order chi connectivity index (χ1) is 5.29. The van der Waals surface area contributed by atoms with E-state index in [1.54, 1.807) is 0 Å². The van der Waals surface area contributed by atoms with Crippen LogP contribution in [0.2, 0.25) is 0 Å². The predicted molar refractivity (Wildman–Crippen MR) is 44.6 cm³/mol. The molecule has 1 heterocycles. The molecule has 1 saturated heterocycles. The first-order valence-corrected chi connectivity index (χ1v) is 4.63. The summed E-state index contributed by atoms with van der Waals surface area (Å²) in [6.45, 7) is 5.24. The van der Waals surface area contributed by atoms with Gasteiger partial charge >= 0.3 is 0 Å². The average molecular weight is 155 g/mol. The maximum absolute atomic E-state index is 5.75. The van der Waals surface area contributed by atoms with Gasteiger partial charge in [-0.25, -0.2) is 0 Å². The molecule has 1 aliphatic carbocycles. The van der Waals surface area contributed by atoms with Crippen molar-refractivity contribution in [3.8, 4) is 0 Å². The number of rotatable bonds is 4. The van der Waals surface area contributed by atoms with Gasteiger partial charge in [-0.05, 0) is 19.3 Å². The fourth-order valence-electron chi connectivity index (χ4n) is 1.46. The quantitative estimate of drug-likeness (QED) is 0.658. The molecule has 0 spiro atoms. The van der Waals surface area contributed by atoms with E-state index in [-0.39, 0.29) is 5.60 Å². The van der Waals surface area contributed by atoms with Crippen molar-refractivity contribution < 1.29 is 4.74 Å². The smallest absolute Gasteiger partial charge is 0.0901 e. The standard InChI is InChI=1S/C9H17NO/c1-9(6-10-7-9)11-5-4-8-2-3-8/h8,10H,2-7H2,1H3. The molecule has 2 fully saturated rings. The Morgan fingerprint density at radius 3 is 2.64 bits per heavy atom. The molecule has 0 atom stereocenters. The lowest BCUT2D eigenvalue weighted by Gasteiger charge is -2.39. The molecule has 1 saturated carbocycles. The van der Waals surface area contributed by atoms with Crippen LogP contribution in [0.5, 0.6) is 0 Å². The zero-order valence-corrected chi connectivity index (χ0v) is 7.23. The summed E-state index contributed by atoms with van der Waals surface area (Å²) in [7, 11) is 0. The molecule has 0 amide bonds. The van der Waals surface area contributed by atoms with Crippen molar-refractivity contribution in [2.24, 2.45) is 5.92 Å². The minimum Gasteiger partial charge on any atom is -0.373 e. The highest BCUT2D eigenvalue weighted by Gasteiger charge is 2.32. The zero-order chi connectivity index (χ0) is 7.73. The molecular weight excluding hydrogens is 138 g/mol. The second kappa shape index (κ2) is 2.76. The Morgan fingerprint density at radius 2 is 2.18 bits per heavy atom. The number of nitrogens with one attached hydrogen (secondary N) is 1. The topological polar surface area (TPSA) is 21.3 Å². The third-order valence-electron chi connectivity index (χ3n) is 2.67. The number of hydrogen-bond donors (Lipinski definition) is 1. The molecule has 1 aliphatic heterocycles. The fraction of sp³-hybridized carbons (Fsp3) is 1.00. The first kappa shape index (κ1) is 7.56. The molecule has 1 N–H and O–H groups in total. The molecule has 64 valence electrons. The Kier molecular flexibility index (Phi) is 1.90. The second-order valence-electron chi connectivity index (χ2n) is 4.13. The van der Waals surface area contributed by atoms with Crippen molar-refractivity contribution in [1.29, 1.82) is 0 Å². The van der Waals surface area contributed by atoms with E-state index in [0.29, 0.717) is 0 Å². The SMILES string of the molecule is CC1(OCCC2CC2)CNC1. The molecule has 2 heteroatoms. The van der Waals surface area contributed by atoms with Crippen LogP contribution in [0.1, 0.15) is 26.2 Å². The van der Waals surface area contributed by atoms with Crippen molar-refractivity contribution in [3.05, 3.63) is 0 Å². The van der Waals surface area contributed by atoms with Gasteiger partial charge in [-0.3, -0.25) is 0 Å². The van der Waals surface area contributed by atoms with Crippen LogP contribution in [-0.2, 0) is 4.74 Å². The average Bonchev–Trinajstić information content (AvgIpc) is 2.68. The van der Waals surface area contributed by atoms with Crippen LogP contribution in [0.3, 0.4) is 0 Å². The number of hydrogen-bond acceptors (Lipinski definition) is 2. The van der Waals surface area contributed by atoms with Gasteiger partial charge in [0.25, 0.3) is 0 Å². The molecule has 11 heavy (non-hydrogen) atoms. The van der Waals surface area contributed by atoms with Crippen LogP contribution in [0.15, 0.2) is 0 Å². The Bertz CT molecular complexity index is 138. The van der Waals surface area contributed by atoms with Crippen LogP contribution < -0.4 is 5.32 Å². The molecule has 0 aromatic rings. The van der Waals surface area contributed by atoms with Crippen LogP contribution in [0, 0.1) is 5.92 Å². The van der Waals surface area contributed by atoms with Gasteiger partial charge < -0.3 is 10.1 Å². The summed E-state index contributed by atoms with van der Waals surface area (Å²) in [5, 5.41) is 3.23. The highest BCUT2D eigenvalue weighted by Crippen LogP contribution is 2.32. The summed E-state index contributed by atoms with van der Waals surface area (Å²) in [5.74, 6) is 1.01. The van der Waals surface area contributed by atoms with E-state index >= 15 is 0 Å². The molecule has 2 aliphatic rings. The van der Waals surface area contributed by atoms with Gasteiger partial charge in [-0.1, -0.05) is 12.8 Å². The van der Waals surface area contributed by atoms with Gasteiger partial charge in [0.1, 0.15) is 0 Å². The highest BCUT2D eigenvalue weighted by atomic mass is 16.5. The Hall–Kier alpha value is -0.0800. The van der Waals surface area contributed by atoms with Gasteiger partial charge in [0.2, 0.25) is 0 Å². The predicted octanol–water partition coefficient (Wildman–Crippen LogP) is 1.17.